The van der Waals surface area contributed by atoms with Crippen LogP contribution in [0.5, 0.6) is 0 Å². The molecule has 0 aromatic carbocycles. The van der Waals surface area contributed by atoms with Gasteiger partial charge in [-0.15, -0.1) is 11.8 Å². The second-order valence-electron chi connectivity index (χ2n) is 6.70. The number of aromatic nitrogens is 2. The molecule has 0 radical (unpaired) electrons. The molecule has 1 aliphatic rings. The van der Waals surface area contributed by atoms with Gasteiger partial charge < -0.3 is 14.3 Å². The van der Waals surface area contributed by atoms with Crippen LogP contribution in [0, 0.1) is 13.8 Å². The van der Waals surface area contributed by atoms with E-state index >= 15 is 0 Å². The lowest BCUT2D eigenvalue weighted by Gasteiger charge is -2.22. The lowest BCUT2D eigenvalue weighted by atomic mass is 10.2. The van der Waals surface area contributed by atoms with Gasteiger partial charge in [-0.05, 0) is 38.8 Å². The minimum atomic E-state index is -0.197. The van der Waals surface area contributed by atoms with Gasteiger partial charge in [-0.25, -0.2) is 4.98 Å². The second-order valence-corrected chi connectivity index (χ2v) is 7.66. The highest BCUT2D eigenvalue weighted by atomic mass is 32.2. The zero-order valence-electron chi connectivity index (χ0n) is 15.9. The topological polar surface area (TPSA) is 79.5 Å². The number of carbonyl (C=O) groups excluding carboxylic acids is 2. The summed E-state index contributed by atoms with van der Waals surface area (Å²) in [6.07, 6.45) is 3.74. The van der Waals surface area contributed by atoms with Gasteiger partial charge in [0.2, 0.25) is 5.91 Å². The van der Waals surface area contributed by atoms with Crippen LogP contribution in [0.3, 0.4) is 0 Å². The average molecular weight is 388 g/mol. The number of carbonyl (C=O) groups is 2. The van der Waals surface area contributed by atoms with Crippen LogP contribution in [-0.2, 0) is 10.5 Å². The molecule has 1 fully saturated rings. The van der Waals surface area contributed by atoms with E-state index in [9.17, 15) is 9.59 Å². The molecule has 144 valence electrons. The number of pyridine rings is 1. The Morgan fingerprint density at radius 3 is 2.70 bits per heavy atom. The molecule has 2 aromatic rings. The van der Waals surface area contributed by atoms with Crippen LogP contribution >= 0.6 is 11.8 Å². The van der Waals surface area contributed by atoms with Crippen molar-refractivity contribution in [1.82, 2.24) is 19.9 Å². The first kappa shape index (κ1) is 19.4. The summed E-state index contributed by atoms with van der Waals surface area (Å²) in [6, 6.07) is 3.49. The number of hydrogen-bond acceptors (Lipinski definition) is 6. The number of amides is 2. The fraction of sp³-hybridized carbons (Fsp3) is 0.474. The highest BCUT2D eigenvalue weighted by Gasteiger charge is 2.23. The number of aryl methyl sites for hydroxylation is 2. The van der Waals surface area contributed by atoms with Crippen LogP contribution in [0.1, 0.15) is 40.2 Å². The lowest BCUT2D eigenvalue weighted by molar-refractivity contribution is -0.130. The highest BCUT2D eigenvalue weighted by molar-refractivity contribution is 7.98. The maximum atomic E-state index is 12.9. The van der Waals surface area contributed by atoms with E-state index < -0.39 is 0 Å². The minimum absolute atomic E-state index is 0.00263. The van der Waals surface area contributed by atoms with Crippen molar-refractivity contribution in [1.29, 1.82) is 0 Å². The molecule has 0 bridgehead atoms. The summed E-state index contributed by atoms with van der Waals surface area (Å²) in [5.74, 6) is 1.20. The molecular weight excluding hydrogens is 364 g/mol. The van der Waals surface area contributed by atoms with Gasteiger partial charge in [-0.2, -0.15) is 0 Å². The predicted octanol–water partition coefficient (Wildman–Crippen LogP) is 2.67. The van der Waals surface area contributed by atoms with E-state index in [1.807, 2.05) is 18.7 Å². The Morgan fingerprint density at radius 1 is 1.30 bits per heavy atom. The molecule has 3 heterocycles. The van der Waals surface area contributed by atoms with Gasteiger partial charge in [0.15, 0.2) is 0 Å². The molecule has 0 aliphatic carbocycles. The summed E-state index contributed by atoms with van der Waals surface area (Å²) >= 11 is 1.47. The van der Waals surface area contributed by atoms with E-state index in [0.29, 0.717) is 16.3 Å². The highest BCUT2D eigenvalue weighted by Crippen LogP contribution is 2.27. The molecule has 7 nitrogen and oxygen atoms in total. The summed E-state index contributed by atoms with van der Waals surface area (Å²) in [5, 5.41) is 4.60. The van der Waals surface area contributed by atoms with Crippen LogP contribution < -0.4 is 0 Å². The van der Waals surface area contributed by atoms with Crippen molar-refractivity contribution in [2.24, 2.45) is 0 Å². The Bertz CT molecular complexity index is 811. The first-order valence-electron chi connectivity index (χ1n) is 9.00. The maximum Gasteiger partial charge on any atom is 0.256 e. The number of hydrogen-bond donors (Lipinski definition) is 0. The van der Waals surface area contributed by atoms with E-state index in [0.717, 1.165) is 42.9 Å². The van der Waals surface area contributed by atoms with Gasteiger partial charge in [0.1, 0.15) is 10.8 Å². The number of likely N-dealkylation sites (tertiary alicyclic amines) is 1. The second kappa shape index (κ2) is 8.56. The van der Waals surface area contributed by atoms with Crippen molar-refractivity contribution >= 4 is 23.6 Å². The Morgan fingerprint density at radius 2 is 2.04 bits per heavy atom. The number of rotatable bonds is 6. The number of thioether (sulfide) groups is 1. The first-order valence-corrected chi connectivity index (χ1v) is 9.98. The van der Waals surface area contributed by atoms with Crippen molar-refractivity contribution in [3.05, 3.63) is 40.9 Å². The molecule has 0 unspecified atom stereocenters. The first-order chi connectivity index (χ1) is 13.0. The number of nitrogens with zero attached hydrogens (tertiary/aromatic N) is 4. The molecule has 8 heteroatoms. The van der Waals surface area contributed by atoms with Gasteiger partial charge in [0.25, 0.3) is 5.91 Å². The van der Waals surface area contributed by atoms with Gasteiger partial charge in [0, 0.05) is 37.7 Å². The molecule has 2 aromatic heterocycles. The fourth-order valence-electron chi connectivity index (χ4n) is 3.06. The molecular formula is C19H24N4O3S. The van der Waals surface area contributed by atoms with Crippen molar-refractivity contribution in [2.75, 3.05) is 26.7 Å². The molecule has 3 rings (SSSR count). The van der Waals surface area contributed by atoms with Crippen LogP contribution in [0.4, 0.5) is 0 Å². The monoisotopic (exact) mass is 388 g/mol. The van der Waals surface area contributed by atoms with Gasteiger partial charge >= 0.3 is 0 Å². The lowest BCUT2D eigenvalue weighted by Crippen LogP contribution is -2.40. The van der Waals surface area contributed by atoms with E-state index in [2.05, 4.69) is 10.1 Å². The molecule has 1 aliphatic heterocycles. The molecule has 2 amide bonds. The number of likely N-dealkylation sites (N-methyl/N-ethyl adjacent to an activating group) is 1. The Hall–Kier alpha value is -2.35. The summed E-state index contributed by atoms with van der Waals surface area (Å²) in [4.78, 5) is 32.9. The molecule has 1 saturated heterocycles. The zero-order chi connectivity index (χ0) is 19.4. The normalized spacial score (nSPS) is 13.8. The van der Waals surface area contributed by atoms with Gasteiger partial charge in [0.05, 0.1) is 17.8 Å². The van der Waals surface area contributed by atoms with E-state index in [1.54, 1.807) is 25.4 Å². The zero-order valence-corrected chi connectivity index (χ0v) is 16.7. The van der Waals surface area contributed by atoms with Crippen molar-refractivity contribution in [2.45, 2.75) is 37.5 Å². The third kappa shape index (κ3) is 4.50. The third-order valence-corrected chi connectivity index (χ3v) is 5.75. The molecule has 0 atom stereocenters. The van der Waals surface area contributed by atoms with Crippen molar-refractivity contribution in [3.63, 3.8) is 0 Å². The summed E-state index contributed by atoms with van der Waals surface area (Å²) in [5.41, 5.74) is 2.37. The SMILES string of the molecule is Cc1noc(C)c1CSc1ncccc1C(=O)N(C)CC(=O)N1CCCC1. The Kier molecular flexibility index (Phi) is 6.15. The van der Waals surface area contributed by atoms with Gasteiger partial charge in [-0.1, -0.05) is 5.16 Å². The standard InChI is InChI=1S/C19H24N4O3S/c1-13-16(14(2)26-21-13)12-27-18-15(7-6-8-20-18)19(25)22(3)11-17(24)23-9-4-5-10-23/h6-8H,4-5,9-12H2,1-3H3. The van der Waals surface area contributed by atoms with E-state index in [4.69, 9.17) is 4.52 Å². The molecule has 27 heavy (non-hydrogen) atoms. The predicted molar refractivity (Wildman–Crippen MR) is 103 cm³/mol. The Labute approximate surface area is 163 Å². The van der Waals surface area contributed by atoms with Crippen LogP contribution in [0.25, 0.3) is 0 Å². The average Bonchev–Trinajstić information content (AvgIpc) is 3.30. The van der Waals surface area contributed by atoms with Crippen LogP contribution in [-0.4, -0.2) is 58.4 Å². The summed E-state index contributed by atoms with van der Waals surface area (Å²) < 4.78 is 5.19. The van der Waals surface area contributed by atoms with E-state index in [-0.39, 0.29) is 18.4 Å². The van der Waals surface area contributed by atoms with Gasteiger partial charge in [-0.3, -0.25) is 9.59 Å². The summed E-state index contributed by atoms with van der Waals surface area (Å²) in [6.45, 7) is 5.42. The molecule has 0 saturated carbocycles. The minimum Gasteiger partial charge on any atom is -0.361 e. The smallest absolute Gasteiger partial charge is 0.256 e. The van der Waals surface area contributed by atoms with Crippen molar-refractivity contribution in [3.8, 4) is 0 Å². The summed E-state index contributed by atoms with van der Waals surface area (Å²) in [7, 11) is 1.66. The molecule has 0 spiro atoms. The largest absolute Gasteiger partial charge is 0.361 e. The quantitative estimate of drug-likeness (QED) is 0.708. The van der Waals surface area contributed by atoms with Crippen molar-refractivity contribution < 1.29 is 14.1 Å². The van der Waals surface area contributed by atoms with E-state index in [1.165, 1.54) is 16.7 Å². The maximum absolute atomic E-state index is 12.9. The van der Waals surface area contributed by atoms with Crippen LogP contribution in [0.2, 0.25) is 0 Å². The molecule has 0 N–H and O–H groups in total. The third-order valence-electron chi connectivity index (χ3n) is 4.71. The van der Waals surface area contributed by atoms with Crippen LogP contribution in [0.15, 0.2) is 27.9 Å². The fourth-order valence-corrected chi connectivity index (χ4v) is 4.20. The Balaban J connectivity index is 1.68.